The van der Waals surface area contributed by atoms with Crippen LogP contribution in [0.4, 0.5) is 0 Å². The summed E-state index contributed by atoms with van der Waals surface area (Å²) in [6.45, 7) is 6.98. The molecule has 1 N–H and O–H groups in total. The Labute approximate surface area is 120 Å². The van der Waals surface area contributed by atoms with Crippen molar-refractivity contribution in [2.75, 3.05) is 0 Å². The topological polar surface area (TPSA) is 46.9 Å². The number of hydrogen-bond acceptors (Lipinski definition) is 2. The third-order valence-corrected chi connectivity index (χ3v) is 5.44. The first-order valence-electron chi connectivity index (χ1n) is 7.93. The number of amides is 1. The third-order valence-electron chi connectivity index (χ3n) is 5.44. The molecule has 4 atom stereocenters. The summed E-state index contributed by atoms with van der Waals surface area (Å²) in [7, 11) is 0. The number of nitrogens with one attached hydrogen (secondary N) is 1. The molecule has 1 amide bonds. The van der Waals surface area contributed by atoms with Gasteiger partial charge in [0.05, 0.1) is 11.8 Å². The summed E-state index contributed by atoms with van der Waals surface area (Å²) < 4.78 is 1.87. The molecule has 0 spiro atoms. The van der Waals surface area contributed by atoms with Crippen molar-refractivity contribution in [1.82, 2.24) is 15.1 Å². The molecule has 2 aliphatic carbocycles. The van der Waals surface area contributed by atoms with Crippen molar-refractivity contribution in [2.45, 2.75) is 59.0 Å². The number of rotatable bonds is 4. The molecule has 3 rings (SSSR count). The quantitative estimate of drug-likeness (QED) is 0.918. The van der Waals surface area contributed by atoms with E-state index in [1.165, 1.54) is 25.7 Å². The summed E-state index contributed by atoms with van der Waals surface area (Å²) >= 11 is 0. The van der Waals surface area contributed by atoms with Crippen LogP contribution >= 0.6 is 0 Å². The Morgan fingerprint density at radius 2 is 2.30 bits per heavy atom. The van der Waals surface area contributed by atoms with Crippen LogP contribution in [0.1, 0.15) is 55.6 Å². The zero-order valence-corrected chi connectivity index (χ0v) is 12.7. The summed E-state index contributed by atoms with van der Waals surface area (Å²) in [6, 6.07) is 0.280. The molecule has 0 aromatic carbocycles. The fourth-order valence-electron chi connectivity index (χ4n) is 4.29. The van der Waals surface area contributed by atoms with Crippen molar-refractivity contribution in [1.29, 1.82) is 0 Å². The van der Waals surface area contributed by atoms with Gasteiger partial charge in [-0.15, -0.1) is 0 Å². The highest BCUT2D eigenvalue weighted by molar-refractivity contribution is 5.95. The highest BCUT2D eigenvalue weighted by Gasteiger charge is 2.42. The second-order valence-electron chi connectivity index (χ2n) is 6.56. The van der Waals surface area contributed by atoms with E-state index < -0.39 is 0 Å². The highest BCUT2D eigenvalue weighted by Crippen LogP contribution is 2.49. The minimum absolute atomic E-state index is 0.0393. The molecule has 20 heavy (non-hydrogen) atoms. The Kier molecular flexibility index (Phi) is 3.57. The normalized spacial score (nSPS) is 29.6. The standard InChI is InChI=1S/C16H25N3O/c1-4-19-11(3)15(9-17-19)16(20)18-10(2)14-8-12-5-6-13(14)7-12/h9-10,12-14H,4-8H2,1-3H3,(H,18,20)/t10-,12+,13+,14+/m0/s1. The van der Waals surface area contributed by atoms with Crippen LogP contribution in [0.5, 0.6) is 0 Å². The van der Waals surface area contributed by atoms with Crippen LogP contribution in [0, 0.1) is 24.7 Å². The lowest BCUT2D eigenvalue weighted by atomic mass is 9.84. The monoisotopic (exact) mass is 275 g/mol. The summed E-state index contributed by atoms with van der Waals surface area (Å²) in [5.41, 5.74) is 1.69. The van der Waals surface area contributed by atoms with E-state index in [4.69, 9.17) is 0 Å². The Morgan fingerprint density at radius 1 is 1.50 bits per heavy atom. The minimum atomic E-state index is 0.0393. The van der Waals surface area contributed by atoms with E-state index in [9.17, 15) is 4.79 Å². The molecule has 0 saturated heterocycles. The van der Waals surface area contributed by atoms with Gasteiger partial charge >= 0.3 is 0 Å². The zero-order chi connectivity index (χ0) is 14.3. The fraction of sp³-hybridized carbons (Fsp3) is 0.750. The van der Waals surface area contributed by atoms with E-state index in [1.807, 2.05) is 18.5 Å². The molecular formula is C16H25N3O. The molecule has 0 unspecified atom stereocenters. The smallest absolute Gasteiger partial charge is 0.254 e. The largest absolute Gasteiger partial charge is 0.349 e. The second-order valence-corrected chi connectivity index (χ2v) is 6.56. The zero-order valence-electron chi connectivity index (χ0n) is 12.7. The summed E-state index contributed by atoms with van der Waals surface area (Å²) in [5.74, 6) is 2.49. The number of aryl methyl sites for hydroxylation is 1. The van der Waals surface area contributed by atoms with Crippen molar-refractivity contribution in [3.05, 3.63) is 17.5 Å². The molecule has 1 heterocycles. The van der Waals surface area contributed by atoms with Gasteiger partial charge in [-0.25, -0.2) is 0 Å². The third kappa shape index (κ3) is 2.25. The van der Waals surface area contributed by atoms with E-state index in [0.717, 1.165) is 29.6 Å². The molecule has 1 aromatic rings. The van der Waals surface area contributed by atoms with Gasteiger partial charge < -0.3 is 5.32 Å². The van der Waals surface area contributed by atoms with Gasteiger partial charge in [-0.2, -0.15) is 5.10 Å². The molecular weight excluding hydrogens is 250 g/mol. The number of hydrogen-bond donors (Lipinski definition) is 1. The molecule has 0 aliphatic heterocycles. The second kappa shape index (κ2) is 5.23. The first-order chi connectivity index (χ1) is 9.60. The summed E-state index contributed by atoms with van der Waals surface area (Å²) in [4.78, 5) is 12.4. The number of carbonyl (C=O) groups excluding carboxylic acids is 1. The number of fused-ring (bicyclic) bond motifs is 2. The van der Waals surface area contributed by atoms with Crippen molar-refractivity contribution in [3.63, 3.8) is 0 Å². The fourth-order valence-corrected chi connectivity index (χ4v) is 4.29. The van der Waals surface area contributed by atoms with Crippen LogP contribution in [-0.2, 0) is 6.54 Å². The Morgan fingerprint density at radius 3 is 2.85 bits per heavy atom. The predicted molar refractivity (Wildman–Crippen MR) is 78.5 cm³/mol. The predicted octanol–water partition coefficient (Wildman–Crippen LogP) is 2.77. The number of aromatic nitrogens is 2. The molecule has 4 nitrogen and oxygen atoms in total. The van der Waals surface area contributed by atoms with E-state index in [-0.39, 0.29) is 11.9 Å². The van der Waals surface area contributed by atoms with Crippen LogP contribution in [0.3, 0.4) is 0 Å². The van der Waals surface area contributed by atoms with Crippen molar-refractivity contribution in [2.24, 2.45) is 17.8 Å². The Bertz CT molecular complexity index is 508. The lowest BCUT2D eigenvalue weighted by Crippen LogP contribution is -2.40. The average Bonchev–Trinajstić information content (AvgIpc) is 3.12. The maximum absolute atomic E-state index is 12.4. The highest BCUT2D eigenvalue weighted by atomic mass is 16.1. The van der Waals surface area contributed by atoms with Crippen molar-refractivity contribution in [3.8, 4) is 0 Å². The van der Waals surface area contributed by atoms with E-state index in [1.54, 1.807) is 6.20 Å². The van der Waals surface area contributed by atoms with E-state index >= 15 is 0 Å². The minimum Gasteiger partial charge on any atom is -0.349 e. The molecule has 2 aliphatic rings. The molecule has 2 bridgehead atoms. The first kappa shape index (κ1) is 13.7. The maximum atomic E-state index is 12.4. The van der Waals surface area contributed by atoms with Gasteiger partial charge in [-0.1, -0.05) is 6.42 Å². The molecule has 0 radical (unpaired) electrons. The van der Waals surface area contributed by atoms with Crippen LogP contribution in [0.2, 0.25) is 0 Å². The van der Waals surface area contributed by atoms with Gasteiger partial charge in [0.25, 0.3) is 5.91 Å². The number of carbonyl (C=O) groups is 1. The molecule has 1 aromatic heterocycles. The van der Waals surface area contributed by atoms with Gasteiger partial charge in [0.15, 0.2) is 0 Å². The van der Waals surface area contributed by atoms with Crippen LogP contribution in [0.15, 0.2) is 6.20 Å². The Balaban J connectivity index is 1.65. The summed E-state index contributed by atoms with van der Waals surface area (Å²) in [5, 5.41) is 7.46. The average molecular weight is 275 g/mol. The lowest BCUT2D eigenvalue weighted by Gasteiger charge is -2.28. The van der Waals surface area contributed by atoms with Gasteiger partial charge in [0.2, 0.25) is 0 Å². The molecule has 4 heteroatoms. The van der Waals surface area contributed by atoms with Crippen LogP contribution < -0.4 is 5.32 Å². The van der Waals surface area contributed by atoms with Crippen molar-refractivity contribution < 1.29 is 4.79 Å². The molecule has 110 valence electrons. The van der Waals surface area contributed by atoms with Gasteiger partial charge in [-0.05, 0) is 57.8 Å². The molecule has 2 fully saturated rings. The number of nitrogens with zero attached hydrogens (tertiary/aromatic N) is 2. The van der Waals surface area contributed by atoms with Crippen LogP contribution in [0.25, 0.3) is 0 Å². The first-order valence-corrected chi connectivity index (χ1v) is 7.93. The van der Waals surface area contributed by atoms with Gasteiger partial charge in [0, 0.05) is 18.3 Å². The van der Waals surface area contributed by atoms with Crippen LogP contribution in [-0.4, -0.2) is 21.7 Å². The Hall–Kier alpha value is -1.32. The van der Waals surface area contributed by atoms with Gasteiger partial charge in [0.1, 0.15) is 0 Å². The van der Waals surface area contributed by atoms with Gasteiger partial charge in [-0.3, -0.25) is 9.48 Å². The lowest BCUT2D eigenvalue weighted by molar-refractivity contribution is 0.0914. The van der Waals surface area contributed by atoms with E-state index in [2.05, 4.69) is 17.3 Å². The van der Waals surface area contributed by atoms with E-state index in [0.29, 0.717) is 5.92 Å². The summed E-state index contributed by atoms with van der Waals surface area (Å²) in [6.07, 6.45) is 7.16. The SMILES string of the molecule is CCn1ncc(C(=O)N[C@@H](C)[C@H]2C[C@@H]3CC[C@@H]2C3)c1C. The maximum Gasteiger partial charge on any atom is 0.254 e. The van der Waals surface area contributed by atoms with Crippen molar-refractivity contribution >= 4 is 5.91 Å². The molecule has 2 saturated carbocycles.